The van der Waals surface area contributed by atoms with Gasteiger partial charge in [0.25, 0.3) is 0 Å². The van der Waals surface area contributed by atoms with Gasteiger partial charge in [-0.15, -0.1) is 0 Å². The number of amides is 2. The summed E-state index contributed by atoms with van der Waals surface area (Å²) in [6.07, 6.45) is 2.15. The topological polar surface area (TPSA) is 99.2 Å². The lowest BCUT2D eigenvalue weighted by Gasteiger charge is -2.37. The second kappa shape index (κ2) is 9.15. The quantitative estimate of drug-likeness (QED) is 0.685. The van der Waals surface area contributed by atoms with Crippen molar-refractivity contribution in [3.8, 4) is 5.75 Å². The first kappa shape index (κ1) is 21.0. The van der Waals surface area contributed by atoms with Crippen LogP contribution in [0.2, 0.25) is 0 Å². The second-order valence-corrected chi connectivity index (χ2v) is 7.79. The smallest absolute Gasteiger partial charge is 0.303 e. The predicted molar refractivity (Wildman–Crippen MR) is 108 cm³/mol. The van der Waals surface area contributed by atoms with Crippen LogP contribution in [0, 0.1) is 0 Å². The summed E-state index contributed by atoms with van der Waals surface area (Å²) in [5, 5.41) is 11.9. The van der Waals surface area contributed by atoms with Crippen LogP contribution in [0.3, 0.4) is 0 Å². The maximum Gasteiger partial charge on any atom is 0.303 e. The summed E-state index contributed by atoms with van der Waals surface area (Å²) in [6, 6.07) is 7.89. The molecule has 0 aliphatic carbocycles. The Kier molecular flexibility index (Phi) is 6.61. The van der Waals surface area contributed by atoms with Gasteiger partial charge in [-0.2, -0.15) is 0 Å². The summed E-state index contributed by atoms with van der Waals surface area (Å²) in [4.78, 5) is 39.5. The van der Waals surface area contributed by atoms with Crippen molar-refractivity contribution >= 4 is 23.5 Å². The summed E-state index contributed by atoms with van der Waals surface area (Å²) in [5.41, 5.74) is 0.519. The molecule has 3 rings (SSSR count). The number of rotatable bonds is 8. The van der Waals surface area contributed by atoms with Crippen molar-refractivity contribution in [3.63, 3.8) is 0 Å². The molecule has 2 aliphatic heterocycles. The summed E-state index contributed by atoms with van der Waals surface area (Å²) in [7, 11) is 1.64. The van der Waals surface area contributed by atoms with Gasteiger partial charge in [0.05, 0.1) is 7.11 Å². The van der Waals surface area contributed by atoms with Crippen molar-refractivity contribution in [1.82, 2.24) is 10.2 Å². The Morgan fingerprint density at radius 1 is 1.17 bits per heavy atom. The molecule has 2 aliphatic rings. The number of hydrogen-bond donors (Lipinski definition) is 2. The Bertz CT molecular complexity index is 760. The number of hydrogen-bond acceptors (Lipinski definition) is 5. The Morgan fingerprint density at radius 3 is 2.52 bits per heavy atom. The van der Waals surface area contributed by atoms with Crippen LogP contribution in [0.5, 0.6) is 5.75 Å². The standard InChI is InChI=1S/C21H29N3O5/c1-29-17-4-2-3-16(15-17)23-11-13-24(14-12-23)19(26)6-9-21(10-7-20(27)28)8-5-18(25)22-21/h2-4,15H,5-14H2,1H3,(H,22,25)(H,27,28)/t21-/m1/s1. The number of carboxylic acids is 1. The molecule has 0 spiro atoms. The minimum atomic E-state index is -0.884. The summed E-state index contributed by atoms with van der Waals surface area (Å²) >= 11 is 0. The molecular weight excluding hydrogens is 374 g/mol. The van der Waals surface area contributed by atoms with Gasteiger partial charge in [0.2, 0.25) is 11.8 Å². The normalized spacial score (nSPS) is 21.8. The van der Waals surface area contributed by atoms with E-state index in [1.165, 1.54) is 0 Å². The van der Waals surface area contributed by atoms with E-state index in [-0.39, 0.29) is 18.2 Å². The second-order valence-electron chi connectivity index (χ2n) is 7.79. The van der Waals surface area contributed by atoms with Gasteiger partial charge in [-0.1, -0.05) is 6.07 Å². The van der Waals surface area contributed by atoms with E-state index in [9.17, 15) is 14.4 Å². The van der Waals surface area contributed by atoms with Gasteiger partial charge in [0.15, 0.2) is 0 Å². The lowest BCUT2D eigenvalue weighted by Crippen LogP contribution is -2.49. The van der Waals surface area contributed by atoms with Gasteiger partial charge in [0, 0.05) is 62.7 Å². The van der Waals surface area contributed by atoms with Crippen LogP contribution in [0.1, 0.15) is 38.5 Å². The molecule has 1 atom stereocenters. The molecule has 2 amide bonds. The first-order chi connectivity index (χ1) is 13.9. The molecule has 8 heteroatoms. The Balaban J connectivity index is 1.51. The molecule has 2 fully saturated rings. The maximum absolute atomic E-state index is 12.7. The molecule has 158 valence electrons. The van der Waals surface area contributed by atoms with Gasteiger partial charge in [-0.25, -0.2) is 0 Å². The Morgan fingerprint density at radius 2 is 1.90 bits per heavy atom. The summed E-state index contributed by atoms with van der Waals surface area (Å²) in [6.45, 7) is 2.79. The van der Waals surface area contributed by atoms with Crippen molar-refractivity contribution in [2.45, 2.75) is 44.1 Å². The van der Waals surface area contributed by atoms with Gasteiger partial charge in [-0.3, -0.25) is 14.4 Å². The minimum absolute atomic E-state index is 0.00627. The van der Waals surface area contributed by atoms with Gasteiger partial charge in [-0.05, 0) is 31.4 Å². The van der Waals surface area contributed by atoms with E-state index in [0.717, 1.165) is 24.5 Å². The number of nitrogens with zero attached hydrogens (tertiary/aromatic N) is 2. The van der Waals surface area contributed by atoms with Crippen molar-refractivity contribution in [1.29, 1.82) is 0 Å². The van der Waals surface area contributed by atoms with Crippen molar-refractivity contribution in [2.75, 3.05) is 38.2 Å². The zero-order valence-electron chi connectivity index (χ0n) is 16.9. The average Bonchev–Trinajstić information content (AvgIpc) is 3.12. The number of ether oxygens (including phenoxy) is 1. The zero-order valence-corrected chi connectivity index (χ0v) is 16.9. The van der Waals surface area contributed by atoms with E-state index in [4.69, 9.17) is 9.84 Å². The lowest BCUT2D eigenvalue weighted by atomic mass is 9.86. The molecule has 1 aromatic carbocycles. The number of nitrogens with one attached hydrogen (secondary N) is 1. The van der Waals surface area contributed by atoms with Crippen LogP contribution >= 0.6 is 0 Å². The largest absolute Gasteiger partial charge is 0.497 e. The number of carbonyl (C=O) groups is 3. The molecule has 0 bridgehead atoms. The number of aliphatic carboxylic acids is 1. The highest BCUT2D eigenvalue weighted by Gasteiger charge is 2.38. The van der Waals surface area contributed by atoms with E-state index in [1.807, 2.05) is 29.2 Å². The van der Waals surface area contributed by atoms with Crippen LogP contribution in [-0.4, -0.2) is 66.6 Å². The van der Waals surface area contributed by atoms with Crippen molar-refractivity contribution in [3.05, 3.63) is 24.3 Å². The first-order valence-corrected chi connectivity index (χ1v) is 10.1. The molecule has 0 radical (unpaired) electrons. The van der Waals surface area contributed by atoms with Crippen LogP contribution < -0.4 is 15.0 Å². The molecule has 0 aromatic heterocycles. The van der Waals surface area contributed by atoms with Crippen LogP contribution in [0.25, 0.3) is 0 Å². The monoisotopic (exact) mass is 403 g/mol. The summed E-state index contributed by atoms with van der Waals surface area (Å²) < 4.78 is 5.28. The fourth-order valence-corrected chi connectivity index (χ4v) is 4.15. The fraction of sp³-hybridized carbons (Fsp3) is 0.571. The molecule has 1 aromatic rings. The third kappa shape index (κ3) is 5.40. The van der Waals surface area contributed by atoms with Gasteiger partial charge < -0.3 is 25.0 Å². The number of benzene rings is 1. The maximum atomic E-state index is 12.7. The number of carboxylic acid groups (broad SMARTS) is 1. The third-order valence-electron chi connectivity index (χ3n) is 5.92. The van der Waals surface area contributed by atoms with E-state index in [0.29, 0.717) is 45.2 Å². The third-order valence-corrected chi connectivity index (χ3v) is 5.92. The zero-order chi connectivity index (χ0) is 20.9. The molecule has 0 unspecified atom stereocenters. The molecule has 2 saturated heterocycles. The highest BCUT2D eigenvalue weighted by atomic mass is 16.5. The molecule has 8 nitrogen and oxygen atoms in total. The molecule has 0 saturated carbocycles. The lowest BCUT2D eigenvalue weighted by molar-refractivity contribution is -0.137. The van der Waals surface area contributed by atoms with E-state index in [2.05, 4.69) is 10.2 Å². The Labute approximate surface area is 170 Å². The van der Waals surface area contributed by atoms with Crippen LogP contribution in [-0.2, 0) is 14.4 Å². The first-order valence-electron chi connectivity index (χ1n) is 10.1. The molecule has 2 N–H and O–H groups in total. The van der Waals surface area contributed by atoms with Gasteiger partial charge >= 0.3 is 5.97 Å². The number of piperazine rings is 1. The predicted octanol–water partition coefficient (Wildman–Crippen LogP) is 1.64. The van der Waals surface area contributed by atoms with E-state index < -0.39 is 11.5 Å². The number of anilines is 1. The van der Waals surface area contributed by atoms with Crippen molar-refractivity contribution in [2.24, 2.45) is 0 Å². The highest BCUT2D eigenvalue weighted by Crippen LogP contribution is 2.31. The fourth-order valence-electron chi connectivity index (χ4n) is 4.15. The average molecular weight is 403 g/mol. The Hall–Kier alpha value is -2.77. The van der Waals surface area contributed by atoms with E-state index >= 15 is 0 Å². The van der Waals surface area contributed by atoms with E-state index in [1.54, 1.807) is 7.11 Å². The molecule has 2 heterocycles. The number of carbonyl (C=O) groups excluding carboxylic acids is 2. The SMILES string of the molecule is COc1cccc(N2CCN(C(=O)CC[C@@]3(CCC(=O)O)CCC(=O)N3)CC2)c1. The van der Waals surface area contributed by atoms with Crippen LogP contribution in [0.4, 0.5) is 5.69 Å². The van der Waals surface area contributed by atoms with Crippen molar-refractivity contribution < 1.29 is 24.2 Å². The summed E-state index contributed by atoms with van der Waals surface area (Å²) in [5.74, 6) is -0.0716. The molecule has 29 heavy (non-hydrogen) atoms. The molecular formula is C21H29N3O5. The minimum Gasteiger partial charge on any atom is -0.497 e. The highest BCUT2D eigenvalue weighted by molar-refractivity contribution is 5.80. The van der Waals surface area contributed by atoms with Gasteiger partial charge in [0.1, 0.15) is 5.75 Å². The van der Waals surface area contributed by atoms with Crippen LogP contribution in [0.15, 0.2) is 24.3 Å². The number of methoxy groups -OCH3 is 1.